The van der Waals surface area contributed by atoms with Crippen LogP contribution >= 0.6 is 0 Å². The van der Waals surface area contributed by atoms with Crippen LogP contribution in [0.3, 0.4) is 0 Å². The van der Waals surface area contributed by atoms with Gasteiger partial charge >= 0.3 is 6.09 Å². The van der Waals surface area contributed by atoms with Crippen LogP contribution in [0, 0.1) is 0 Å². The second-order valence-corrected chi connectivity index (χ2v) is 6.47. The number of amidine groups is 1. The van der Waals surface area contributed by atoms with E-state index in [1.807, 2.05) is 26.8 Å². The molecule has 0 saturated heterocycles. The van der Waals surface area contributed by atoms with E-state index in [1.54, 1.807) is 13.2 Å². The maximum atomic E-state index is 12.0. The van der Waals surface area contributed by atoms with E-state index in [0.29, 0.717) is 11.3 Å². The van der Waals surface area contributed by atoms with Crippen LogP contribution < -0.4 is 15.8 Å². The standard InChI is InChI=1S/C16H23N3O4/c1-16(2,3)23-15(20)18-11-6-5-9-7-10(14(17)19-21)8-12(22-4)13(9)11/h7-8,11,21H,5-6H2,1-4H3,(H2,17,19)(H,18,20)/t11-/m1/s1. The maximum absolute atomic E-state index is 12.0. The first-order chi connectivity index (χ1) is 10.7. The number of hydrogen-bond donors (Lipinski definition) is 3. The molecule has 7 nitrogen and oxygen atoms in total. The van der Waals surface area contributed by atoms with E-state index < -0.39 is 11.7 Å². The van der Waals surface area contributed by atoms with Gasteiger partial charge in [-0.25, -0.2) is 4.79 Å². The summed E-state index contributed by atoms with van der Waals surface area (Å²) in [4.78, 5) is 12.0. The summed E-state index contributed by atoms with van der Waals surface area (Å²) in [6.45, 7) is 5.46. The highest BCUT2D eigenvalue weighted by Crippen LogP contribution is 2.39. The number of methoxy groups -OCH3 is 1. The molecule has 0 radical (unpaired) electrons. The Morgan fingerprint density at radius 2 is 2.13 bits per heavy atom. The van der Waals surface area contributed by atoms with Gasteiger partial charge in [0.25, 0.3) is 0 Å². The molecule has 126 valence electrons. The van der Waals surface area contributed by atoms with Gasteiger partial charge in [0.2, 0.25) is 0 Å². The molecular formula is C16H23N3O4. The number of oxime groups is 1. The van der Waals surface area contributed by atoms with Gasteiger partial charge in [-0.1, -0.05) is 5.16 Å². The minimum absolute atomic E-state index is 0.0228. The van der Waals surface area contributed by atoms with Gasteiger partial charge in [0, 0.05) is 11.1 Å². The molecule has 0 aliphatic heterocycles. The Labute approximate surface area is 135 Å². The van der Waals surface area contributed by atoms with Crippen LogP contribution in [0.1, 0.15) is 49.9 Å². The highest BCUT2D eigenvalue weighted by molar-refractivity contribution is 5.97. The molecule has 0 bridgehead atoms. The van der Waals surface area contributed by atoms with Gasteiger partial charge in [-0.2, -0.15) is 0 Å². The number of nitrogens with one attached hydrogen (secondary N) is 1. The van der Waals surface area contributed by atoms with Crippen molar-refractivity contribution in [1.82, 2.24) is 5.32 Å². The Balaban J connectivity index is 2.27. The molecule has 1 amide bonds. The monoisotopic (exact) mass is 321 g/mol. The average Bonchev–Trinajstić information content (AvgIpc) is 2.86. The molecule has 1 aliphatic carbocycles. The Hall–Kier alpha value is -2.44. The minimum Gasteiger partial charge on any atom is -0.496 e. The summed E-state index contributed by atoms with van der Waals surface area (Å²) in [6.07, 6.45) is 1.04. The second-order valence-electron chi connectivity index (χ2n) is 6.47. The van der Waals surface area contributed by atoms with Gasteiger partial charge in [-0.3, -0.25) is 0 Å². The molecule has 0 aromatic heterocycles. The lowest BCUT2D eigenvalue weighted by Crippen LogP contribution is -2.34. The quantitative estimate of drug-likeness (QED) is 0.343. The zero-order valence-electron chi connectivity index (χ0n) is 13.8. The van der Waals surface area contributed by atoms with Crippen molar-refractivity contribution in [3.8, 4) is 5.75 Å². The van der Waals surface area contributed by atoms with Crippen LogP contribution in [0.5, 0.6) is 5.75 Å². The number of ether oxygens (including phenoxy) is 2. The van der Waals surface area contributed by atoms with Crippen LogP contribution in [0.25, 0.3) is 0 Å². The molecule has 0 fully saturated rings. The van der Waals surface area contributed by atoms with Crippen LogP contribution in [0.15, 0.2) is 17.3 Å². The number of alkyl carbamates (subject to hydrolysis) is 1. The number of nitrogens with zero attached hydrogens (tertiary/aromatic N) is 1. The lowest BCUT2D eigenvalue weighted by Gasteiger charge is -2.23. The number of benzene rings is 1. The highest BCUT2D eigenvalue weighted by Gasteiger charge is 2.30. The molecule has 1 aromatic rings. The van der Waals surface area contributed by atoms with Gasteiger partial charge < -0.3 is 25.7 Å². The number of rotatable bonds is 3. The zero-order chi connectivity index (χ0) is 17.2. The second kappa shape index (κ2) is 6.36. The van der Waals surface area contributed by atoms with E-state index >= 15 is 0 Å². The van der Waals surface area contributed by atoms with Crippen molar-refractivity contribution < 1.29 is 19.5 Å². The van der Waals surface area contributed by atoms with Crippen LogP contribution in [0.4, 0.5) is 4.79 Å². The summed E-state index contributed by atoms with van der Waals surface area (Å²) in [5.41, 5.74) is 7.60. The van der Waals surface area contributed by atoms with E-state index in [9.17, 15) is 4.79 Å². The van der Waals surface area contributed by atoms with Crippen molar-refractivity contribution in [3.63, 3.8) is 0 Å². The molecule has 1 aromatic carbocycles. The number of amides is 1. The summed E-state index contributed by atoms with van der Waals surface area (Å²) in [7, 11) is 1.55. The smallest absolute Gasteiger partial charge is 0.408 e. The Bertz CT molecular complexity index is 635. The van der Waals surface area contributed by atoms with Gasteiger partial charge in [0.1, 0.15) is 11.4 Å². The van der Waals surface area contributed by atoms with Crippen molar-refractivity contribution in [1.29, 1.82) is 0 Å². The van der Waals surface area contributed by atoms with Crippen LogP contribution in [-0.4, -0.2) is 29.8 Å². The first kappa shape index (κ1) is 16.9. The number of carbonyl (C=O) groups is 1. The topological polar surface area (TPSA) is 106 Å². The largest absolute Gasteiger partial charge is 0.496 e. The van der Waals surface area contributed by atoms with Crippen LogP contribution in [0.2, 0.25) is 0 Å². The lowest BCUT2D eigenvalue weighted by molar-refractivity contribution is 0.0503. The normalized spacial score (nSPS) is 17.6. The summed E-state index contributed by atoms with van der Waals surface area (Å²) in [5.74, 6) is 0.623. The van der Waals surface area contributed by atoms with E-state index in [1.165, 1.54) is 0 Å². The molecule has 1 atom stereocenters. The molecule has 23 heavy (non-hydrogen) atoms. The fourth-order valence-electron chi connectivity index (χ4n) is 2.70. The van der Waals surface area contributed by atoms with Gasteiger partial charge in [0.05, 0.1) is 13.2 Å². The van der Waals surface area contributed by atoms with Gasteiger partial charge in [-0.05, 0) is 51.3 Å². The average molecular weight is 321 g/mol. The lowest BCUT2D eigenvalue weighted by atomic mass is 10.0. The third-order valence-electron chi connectivity index (χ3n) is 3.59. The molecule has 0 saturated carbocycles. The molecule has 0 spiro atoms. The fourth-order valence-corrected chi connectivity index (χ4v) is 2.70. The predicted molar refractivity (Wildman–Crippen MR) is 85.9 cm³/mol. The van der Waals surface area contributed by atoms with Crippen LogP contribution in [-0.2, 0) is 11.2 Å². The minimum atomic E-state index is -0.550. The van der Waals surface area contributed by atoms with Gasteiger partial charge in [0.15, 0.2) is 5.84 Å². The Morgan fingerprint density at radius 3 is 2.70 bits per heavy atom. The molecule has 1 aliphatic rings. The molecule has 4 N–H and O–H groups in total. The summed E-state index contributed by atoms with van der Waals surface area (Å²) < 4.78 is 10.7. The highest BCUT2D eigenvalue weighted by atomic mass is 16.6. The van der Waals surface area contributed by atoms with Crippen molar-refractivity contribution in [2.75, 3.05) is 7.11 Å². The molecular weight excluding hydrogens is 298 g/mol. The zero-order valence-corrected chi connectivity index (χ0v) is 13.8. The fraction of sp³-hybridized carbons (Fsp3) is 0.500. The van der Waals surface area contributed by atoms with E-state index in [0.717, 1.165) is 24.0 Å². The Morgan fingerprint density at radius 1 is 1.43 bits per heavy atom. The maximum Gasteiger partial charge on any atom is 0.408 e. The summed E-state index contributed by atoms with van der Waals surface area (Å²) in [6, 6.07) is 3.36. The number of aryl methyl sites for hydroxylation is 1. The van der Waals surface area contributed by atoms with E-state index in [2.05, 4.69) is 10.5 Å². The summed E-state index contributed by atoms with van der Waals surface area (Å²) in [5, 5.41) is 14.7. The molecule has 2 rings (SSSR count). The molecule has 0 unspecified atom stereocenters. The van der Waals surface area contributed by atoms with Crippen molar-refractivity contribution in [2.45, 2.75) is 45.3 Å². The SMILES string of the molecule is COc1cc(/C(N)=N/O)cc2c1[C@H](NC(=O)OC(C)(C)C)CC2. The third kappa shape index (κ3) is 3.85. The first-order valence-corrected chi connectivity index (χ1v) is 7.43. The van der Waals surface area contributed by atoms with E-state index in [-0.39, 0.29) is 11.9 Å². The predicted octanol–water partition coefficient (Wildman–Crippen LogP) is 2.30. The molecule has 0 heterocycles. The van der Waals surface area contributed by atoms with Crippen molar-refractivity contribution in [2.24, 2.45) is 10.9 Å². The molecule has 7 heteroatoms. The Kier molecular flexibility index (Phi) is 4.68. The number of carbonyl (C=O) groups excluding carboxylic acids is 1. The first-order valence-electron chi connectivity index (χ1n) is 7.43. The summed E-state index contributed by atoms with van der Waals surface area (Å²) >= 11 is 0. The van der Waals surface area contributed by atoms with Gasteiger partial charge in [-0.15, -0.1) is 0 Å². The number of nitrogens with two attached hydrogens (primary N) is 1. The third-order valence-corrected chi connectivity index (χ3v) is 3.59. The van der Waals surface area contributed by atoms with Crippen molar-refractivity contribution in [3.05, 3.63) is 28.8 Å². The number of fused-ring (bicyclic) bond motifs is 1. The number of hydrogen-bond acceptors (Lipinski definition) is 5. The van der Waals surface area contributed by atoms with E-state index in [4.69, 9.17) is 20.4 Å². The van der Waals surface area contributed by atoms with Crippen molar-refractivity contribution >= 4 is 11.9 Å².